The molecule has 0 saturated heterocycles. The summed E-state index contributed by atoms with van der Waals surface area (Å²) in [6.45, 7) is 4.03. The van der Waals surface area contributed by atoms with Crippen molar-refractivity contribution in [3.8, 4) is 0 Å². The van der Waals surface area contributed by atoms with Gasteiger partial charge < -0.3 is 5.11 Å². The van der Waals surface area contributed by atoms with Gasteiger partial charge in [-0.25, -0.2) is 0 Å². The molecule has 1 unspecified atom stereocenters. The number of rotatable bonds is 3. The quantitative estimate of drug-likeness (QED) is 0.743. The minimum absolute atomic E-state index is 0.438. The van der Waals surface area contributed by atoms with E-state index in [1.807, 2.05) is 32.1 Å². The Bertz CT molecular complexity index is 371. The van der Waals surface area contributed by atoms with E-state index in [0.717, 1.165) is 11.1 Å². The molecule has 1 nitrogen and oxygen atoms in total. The third kappa shape index (κ3) is 2.48. The Morgan fingerprint density at radius 3 is 2.60 bits per heavy atom. The predicted octanol–water partition coefficient (Wildman–Crippen LogP) is 3.56. The zero-order chi connectivity index (χ0) is 10.8. The fraction of sp³-hybridized carbons (Fsp3) is 0.429. The molecular weight excluding hydrogens is 184 g/mol. The van der Waals surface area contributed by atoms with Crippen LogP contribution in [0.5, 0.6) is 0 Å². The van der Waals surface area contributed by atoms with E-state index in [0.29, 0.717) is 5.92 Å². The second-order valence-corrected chi connectivity index (χ2v) is 4.59. The number of aliphatic hydroxyl groups excluding tert-OH is 1. The SMILES string of the molecule is CC(C)=CC(O)c1ccccc1C1CC1. The van der Waals surface area contributed by atoms with Gasteiger partial charge in [0.1, 0.15) is 0 Å². The molecule has 1 N–H and O–H groups in total. The fourth-order valence-corrected chi connectivity index (χ4v) is 1.95. The molecular formula is C14H18O. The molecule has 0 amide bonds. The summed E-state index contributed by atoms with van der Waals surface area (Å²) in [6.07, 6.45) is 4.03. The molecule has 0 heterocycles. The van der Waals surface area contributed by atoms with Gasteiger partial charge in [0.25, 0.3) is 0 Å². The molecule has 1 saturated carbocycles. The second-order valence-electron chi connectivity index (χ2n) is 4.59. The Kier molecular flexibility index (Phi) is 2.92. The highest BCUT2D eigenvalue weighted by Crippen LogP contribution is 2.43. The van der Waals surface area contributed by atoms with Crippen LogP contribution < -0.4 is 0 Å². The molecule has 1 heteroatoms. The van der Waals surface area contributed by atoms with Crippen LogP contribution in [0.3, 0.4) is 0 Å². The summed E-state index contributed by atoms with van der Waals surface area (Å²) in [5.41, 5.74) is 3.58. The van der Waals surface area contributed by atoms with Crippen molar-refractivity contribution in [2.45, 2.75) is 38.7 Å². The Balaban J connectivity index is 2.30. The number of allylic oxidation sites excluding steroid dienone is 1. The lowest BCUT2D eigenvalue weighted by Crippen LogP contribution is -1.98. The van der Waals surface area contributed by atoms with Gasteiger partial charge in [-0.05, 0) is 43.7 Å². The molecule has 1 fully saturated rings. The third-order valence-corrected chi connectivity index (χ3v) is 2.82. The first kappa shape index (κ1) is 10.4. The minimum Gasteiger partial charge on any atom is -0.384 e. The zero-order valence-electron chi connectivity index (χ0n) is 9.40. The number of hydrogen-bond donors (Lipinski definition) is 1. The summed E-state index contributed by atoms with van der Waals surface area (Å²) in [4.78, 5) is 0. The van der Waals surface area contributed by atoms with Crippen molar-refractivity contribution in [3.05, 3.63) is 47.0 Å². The van der Waals surface area contributed by atoms with Crippen LogP contribution in [0.4, 0.5) is 0 Å². The van der Waals surface area contributed by atoms with Gasteiger partial charge in [-0.2, -0.15) is 0 Å². The minimum atomic E-state index is -0.438. The van der Waals surface area contributed by atoms with E-state index >= 15 is 0 Å². The highest BCUT2D eigenvalue weighted by atomic mass is 16.3. The number of benzene rings is 1. The highest BCUT2D eigenvalue weighted by molar-refractivity contribution is 5.36. The Morgan fingerprint density at radius 1 is 1.33 bits per heavy atom. The number of aliphatic hydroxyl groups is 1. The van der Waals surface area contributed by atoms with Crippen molar-refractivity contribution in [1.82, 2.24) is 0 Å². The van der Waals surface area contributed by atoms with Crippen molar-refractivity contribution in [2.75, 3.05) is 0 Å². The van der Waals surface area contributed by atoms with Crippen molar-refractivity contribution >= 4 is 0 Å². The van der Waals surface area contributed by atoms with Gasteiger partial charge in [0, 0.05) is 0 Å². The molecule has 15 heavy (non-hydrogen) atoms. The Morgan fingerprint density at radius 2 is 2.00 bits per heavy atom. The van der Waals surface area contributed by atoms with Gasteiger partial charge >= 0.3 is 0 Å². The van der Waals surface area contributed by atoms with E-state index in [4.69, 9.17) is 0 Å². The van der Waals surface area contributed by atoms with Gasteiger partial charge in [-0.3, -0.25) is 0 Å². The first-order chi connectivity index (χ1) is 7.18. The van der Waals surface area contributed by atoms with Gasteiger partial charge in [-0.1, -0.05) is 35.9 Å². The first-order valence-corrected chi connectivity index (χ1v) is 5.60. The maximum atomic E-state index is 10.1. The summed E-state index contributed by atoms with van der Waals surface area (Å²) >= 11 is 0. The lowest BCUT2D eigenvalue weighted by molar-refractivity contribution is 0.226. The van der Waals surface area contributed by atoms with Gasteiger partial charge in [0.2, 0.25) is 0 Å². The molecule has 0 bridgehead atoms. The van der Waals surface area contributed by atoms with Gasteiger partial charge in [0.05, 0.1) is 6.10 Å². The van der Waals surface area contributed by atoms with E-state index in [1.165, 1.54) is 18.4 Å². The zero-order valence-corrected chi connectivity index (χ0v) is 9.40. The van der Waals surface area contributed by atoms with Gasteiger partial charge in [-0.15, -0.1) is 0 Å². The third-order valence-electron chi connectivity index (χ3n) is 2.82. The maximum absolute atomic E-state index is 10.1. The highest BCUT2D eigenvalue weighted by Gasteiger charge is 2.26. The molecule has 80 valence electrons. The summed E-state index contributed by atoms with van der Waals surface area (Å²) < 4.78 is 0. The molecule has 0 spiro atoms. The maximum Gasteiger partial charge on any atom is 0.0976 e. The number of hydrogen-bond acceptors (Lipinski definition) is 1. The average Bonchev–Trinajstić information content (AvgIpc) is 3.00. The normalized spacial score (nSPS) is 17.3. The fourth-order valence-electron chi connectivity index (χ4n) is 1.95. The Hall–Kier alpha value is -1.08. The van der Waals surface area contributed by atoms with E-state index < -0.39 is 6.10 Å². The van der Waals surface area contributed by atoms with E-state index in [2.05, 4.69) is 12.1 Å². The van der Waals surface area contributed by atoms with E-state index in [9.17, 15) is 5.11 Å². The van der Waals surface area contributed by atoms with Crippen LogP contribution >= 0.6 is 0 Å². The topological polar surface area (TPSA) is 20.2 Å². The molecule has 1 aromatic carbocycles. The van der Waals surface area contributed by atoms with Crippen LogP contribution in [0.25, 0.3) is 0 Å². The van der Waals surface area contributed by atoms with Crippen LogP contribution in [-0.2, 0) is 0 Å². The molecule has 2 rings (SSSR count). The lowest BCUT2D eigenvalue weighted by Gasteiger charge is -2.12. The van der Waals surface area contributed by atoms with Crippen LogP contribution in [0.15, 0.2) is 35.9 Å². The first-order valence-electron chi connectivity index (χ1n) is 5.60. The molecule has 1 aliphatic rings. The standard InChI is InChI=1S/C14H18O/c1-10(2)9-14(15)13-6-4-3-5-12(13)11-7-8-11/h3-6,9,11,14-15H,7-8H2,1-2H3. The summed E-state index contributed by atoms with van der Waals surface area (Å²) in [5, 5.41) is 10.1. The van der Waals surface area contributed by atoms with E-state index in [-0.39, 0.29) is 0 Å². The molecule has 1 atom stereocenters. The van der Waals surface area contributed by atoms with Gasteiger partial charge in [0.15, 0.2) is 0 Å². The average molecular weight is 202 g/mol. The predicted molar refractivity (Wildman–Crippen MR) is 62.8 cm³/mol. The molecule has 1 aliphatic carbocycles. The van der Waals surface area contributed by atoms with E-state index in [1.54, 1.807) is 0 Å². The van der Waals surface area contributed by atoms with Crippen LogP contribution in [0.2, 0.25) is 0 Å². The summed E-state index contributed by atoms with van der Waals surface area (Å²) in [7, 11) is 0. The summed E-state index contributed by atoms with van der Waals surface area (Å²) in [5.74, 6) is 0.696. The van der Waals surface area contributed by atoms with Crippen molar-refractivity contribution < 1.29 is 5.11 Å². The lowest BCUT2D eigenvalue weighted by atomic mass is 9.98. The molecule has 1 aromatic rings. The molecule has 0 aliphatic heterocycles. The van der Waals surface area contributed by atoms with Crippen LogP contribution in [-0.4, -0.2) is 5.11 Å². The monoisotopic (exact) mass is 202 g/mol. The smallest absolute Gasteiger partial charge is 0.0976 e. The summed E-state index contributed by atoms with van der Waals surface area (Å²) in [6, 6.07) is 8.25. The molecule has 0 aromatic heterocycles. The van der Waals surface area contributed by atoms with Crippen LogP contribution in [0.1, 0.15) is 49.8 Å². The Labute approximate surface area is 91.4 Å². The molecule has 0 radical (unpaired) electrons. The van der Waals surface area contributed by atoms with Crippen molar-refractivity contribution in [3.63, 3.8) is 0 Å². The second kappa shape index (κ2) is 4.19. The largest absolute Gasteiger partial charge is 0.384 e. The van der Waals surface area contributed by atoms with Crippen molar-refractivity contribution in [2.24, 2.45) is 0 Å². The van der Waals surface area contributed by atoms with Crippen molar-refractivity contribution in [1.29, 1.82) is 0 Å². The van der Waals surface area contributed by atoms with Crippen LogP contribution in [0, 0.1) is 0 Å².